The number of carbonyl (C=O) groups is 1. The van der Waals surface area contributed by atoms with Crippen LogP contribution in [0.5, 0.6) is 0 Å². The van der Waals surface area contributed by atoms with Gasteiger partial charge in [0.2, 0.25) is 0 Å². The summed E-state index contributed by atoms with van der Waals surface area (Å²) in [6, 6.07) is 11.0. The van der Waals surface area contributed by atoms with Crippen LogP contribution in [0.4, 0.5) is 0 Å². The van der Waals surface area contributed by atoms with Crippen molar-refractivity contribution < 1.29 is 4.79 Å². The van der Waals surface area contributed by atoms with Crippen molar-refractivity contribution in [3.8, 4) is 0 Å². The summed E-state index contributed by atoms with van der Waals surface area (Å²) in [6.45, 7) is 6.39. The first kappa shape index (κ1) is 18.7. The molecule has 2 aromatic rings. The van der Waals surface area contributed by atoms with Gasteiger partial charge in [0.1, 0.15) is 5.15 Å². The molecule has 0 radical (unpaired) electrons. The molecule has 6 heteroatoms. The van der Waals surface area contributed by atoms with Gasteiger partial charge in [-0.1, -0.05) is 55.2 Å². The number of nitrogens with one attached hydrogen (secondary N) is 1. The van der Waals surface area contributed by atoms with Crippen molar-refractivity contribution in [2.24, 2.45) is 0 Å². The lowest BCUT2D eigenvalue weighted by atomic mass is 10.0. The van der Waals surface area contributed by atoms with Crippen LogP contribution in [-0.2, 0) is 0 Å². The molecule has 2 rings (SSSR count). The lowest BCUT2D eigenvalue weighted by molar-refractivity contribution is 0.0934. The highest BCUT2D eigenvalue weighted by Gasteiger charge is 2.21. The zero-order valence-electron chi connectivity index (χ0n) is 13.8. The Kier molecular flexibility index (Phi) is 7.03. The number of nitrogens with zero attached hydrogens (tertiary/aromatic N) is 2. The highest BCUT2D eigenvalue weighted by Crippen LogP contribution is 2.27. The standard InChI is InChI=1S/C18H21Cl2N3O/c1-3-23(4-2)16(14-7-5-6-8-15(14)19)12-22-18(24)13-9-10-17(20)21-11-13/h5-11,16H,3-4,12H2,1-2H3,(H,22,24). The summed E-state index contributed by atoms with van der Waals surface area (Å²) < 4.78 is 0. The second kappa shape index (κ2) is 9.02. The zero-order valence-corrected chi connectivity index (χ0v) is 15.3. The molecule has 0 fully saturated rings. The number of hydrogen-bond donors (Lipinski definition) is 1. The van der Waals surface area contributed by atoms with E-state index >= 15 is 0 Å². The smallest absolute Gasteiger partial charge is 0.252 e. The highest BCUT2D eigenvalue weighted by molar-refractivity contribution is 6.31. The van der Waals surface area contributed by atoms with Gasteiger partial charge in [-0.15, -0.1) is 0 Å². The van der Waals surface area contributed by atoms with Crippen LogP contribution in [0.3, 0.4) is 0 Å². The number of carbonyl (C=O) groups excluding carboxylic acids is 1. The Labute approximate surface area is 152 Å². The van der Waals surface area contributed by atoms with Gasteiger partial charge in [-0.25, -0.2) is 4.98 Å². The first-order valence-electron chi connectivity index (χ1n) is 7.95. The van der Waals surface area contributed by atoms with E-state index in [9.17, 15) is 4.79 Å². The second-order valence-electron chi connectivity index (χ2n) is 5.34. The normalized spacial score (nSPS) is 12.2. The fraction of sp³-hybridized carbons (Fsp3) is 0.333. The van der Waals surface area contributed by atoms with Crippen LogP contribution in [-0.4, -0.2) is 35.4 Å². The molecule has 1 aromatic carbocycles. The van der Waals surface area contributed by atoms with Crippen LogP contribution in [0.2, 0.25) is 10.2 Å². The van der Waals surface area contributed by atoms with Gasteiger partial charge in [-0.2, -0.15) is 0 Å². The number of amides is 1. The van der Waals surface area contributed by atoms with Gasteiger partial charge < -0.3 is 5.32 Å². The molecule has 0 aliphatic heterocycles. The number of rotatable bonds is 7. The number of hydrogen-bond acceptors (Lipinski definition) is 3. The molecule has 1 atom stereocenters. The largest absolute Gasteiger partial charge is 0.350 e. The SMILES string of the molecule is CCN(CC)C(CNC(=O)c1ccc(Cl)nc1)c1ccccc1Cl. The van der Waals surface area contributed by atoms with Gasteiger partial charge >= 0.3 is 0 Å². The maximum atomic E-state index is 12.3. The van der Waals surface area contributed by atoms with E-state index in [2.05, 4.69) is 29.0 Å². The van der Waals surface area contributed by atoms with E-state index in [4.69, 9.17) is 23.2 Å². The van der Waals surface area contributed by atoms with E-state index in [0.717, 1.165) is 18.7 Å². The van der Waals surface area contributed by atoms with Crippen molar-refractivity contribution in [3.05, 3.63) is 63.9 Å². The molecule has 128 valence electrons. The lowest BCUT2D eigenvalue weighted by Gasteiger charge is -2.30. The average molecular weight is 366 g/mol. The maximum Gasteiger partial charge on any atom is 0.252 e. The predicted molar refractivity (Wildman–Crippen MR) is 98.7 cm³/mol. The third-order valence-electron chi connectivity index (χ3n) is 3.96. The summed E-state index contributed by atoms with van der Waals surface area (Å²) in [7, 11) is 0. The van der Waals surface area contributed by atoms with Gasteiger partial charge in [0.05, 0.1) is 11.6 Å². The molecule has 0 saturated heterocycles. The summed E-state index contributed by atoms with van der Waals surface area (Å²) in [4.78, 5) is 18.5. The zero-order chi connectivity index (χ0) is 17.5. The molecule has 0 bridgehead atoms. The predicted octanol–water partition coefficient (Wildman–Crippen LogP) is 4.20. The van der Waals surface area contributed by atoms with Gasteiger partial charge in [0.15, 0.2) is 0 Å². The summed E-state index contributed by atoms with van der Waals surface area (Å²) in [5.41, 5.74) is 1.49. The topological polar surface area (TPSA) is 45.2 Å². The van der Waals surface area contributed by atoms with Crippen molar-refractivity contribution >= 4 is 29.1 Å². The first-order valence-corrected chi connectivity index (χ1v) is 8.70. The monoisotopic (exact) mass is 365 g/mol. The van der Waals surface area contributed by atoms with Crippen LogP contribution in [0.15, 0.2) is 42.6 Å². The molecule has 1 N–H and O–H groups in total. The highest BCUT2D eigenvalue weighted by atomic mass is 35.5. The molecule has 0 spiro atoms. The van der Waals surface area contributed by atoms with E-state index in [-0.39, 0.29) is 11.9 Å². The van der Waals surface area contributed by atoms with Crippen molar-refractivity contribution in [1.29, 1.82) is 0 Å². The number of aromatic nitrogens is 1. The Hall–Kier alpha value is -1.62. The van der Waals surface area contributed by atoms with E-state index in [1.54, 1.807) is 12.1 Å². The Bertz CT molecular complexity index is 672. The molecule has 0 aliphatic rings. The minimum Gasteiger partial charge on any atom is -0.350 e. The summed E-state index contributed by atoms with van der Waals surface area (Å²) in [5.74, 6) is -0.177. The Morgan fingerprint density at radius 3 is 2.46 bits per heavy atom. The van der Waals surface area contributed by atoms with Gasteiger partial charge in [-0.3, -0.25) is 9.69 Å². The summed E-state index contributed by atoms with van der Waals surface area (Å²) in [5, 5.41) is 4.04. The van der Waals surface area contributed by atoms with Crippen molar-refractivity contribution in [2.75, 3.05) is 19.6 Å². The van der Waals surface area contributed by atoms with Crippen molar-refractivity contribution in [3.63, 3.8) is 0 Å². The van der Waals surface area contributed by atoms with E-state index < -0.39 is 0 Å². The lowest BCUT2D eigenvalue weighted by Crippen LogP contribution is -2.38. The van der Waals surface area contributed by atoms with Crippen LogP contribution < -0.4 is 5.32 Å². The van der Waals surface area contributed by atoms with E-state index in [0.29, 0.717) is 22.3 Å². The minimum absolute atomic E-state index is 0.0120. The number of halogens is 2. The van der Waals surface area contributed by atoms with E-state index in [1.807, 2.05) is 24.3 Å². The second-order valence-corrected chi connectivity index (χ2v) is 6.13. The number of pyridine rings is 1. The molecule has 24 heavy (non-hydrogen) atoms. The molecule has 4 nitrogen and oxygen atoms in total. The molecular weight excluding hydrogens is 345 g/mol. The maximum absolute atomic E-state index is 12.3. The molecule has 0 saturated carbocycles. The fourth-order valence-electron chi connectivity index (χ4n) is 2.65. The number of likely N-dealkylation sites (N-methyl/N-ethyl adjacent to an activating group) is 1. The molecule has 0 aliphatic carbocycles. The fourth-order valence-corrected chi connectivity index (χ4v) is 3.02. The minimum atomic E-state index is -0.177. The van der Waals surface area contributed by atoms with Crippen LogP contribution >= 0.6 is 23.2 Å². The third kappa shape index (κ3) is 4.69. The Morgan fingerprint density at radius 1 is 1.17 bits per heavy atom. The van der Waals surface area contributed by atoms with Crippen molar-refractivity contribution in [1.82, 2.24) is 15.2 Å². The van der Waals surface area contributed by atoms with Crippen molar-refractivity contribution in [2.45, 2.75) is 19.9 Å². The van der Waals surface area contributed by atoms with Crippen LogP contribution in [0, 0.1) is 0 Å². The van der Waals surface area contributed by atoms with Crippen LogP contribution in [0.1, 0.15) is 35.8 Å². The van der Waals surface area contributed by atoms with Gasteiger partial charge in [0, 0.05) is 17.8 Å². The van der Waals surface area contributed by atoms with Gasteiger partial charge in [0.25, 0.3) is 5.91 Å². The average Bonchev–Trinajstić information content (AvgIpc) is 2.60. The van der Waals surface area contributed by atoms with Crippen LogP contribution in [0.25, 0.3) is 0 Å². The summed E-state index contributed by atoms with van der Waals surface area (Å²) in [6.07, 6.45) is 1.47. The summed E-state index contributed by atoms with van der Waals surface area (Å²) >= 11 is 12.1. The number of benzene rings is 1. The molecule has 1 amide bonds. The Balaban J connectivity index is 2.15. The van der Waals surface area contributed by atoms with Gasteiger partial charge in [-0.05, 0) is 36.9 Å². The quantitative estimate of drug-likeness (QED) is 0.747. The molecule has 1 unspecified atom stereocenters. The first-order chi connectivity index (χ1) is 11.6. The third-order valence-corrected chi connectivity index (χ3v) is 4.53. The molecular formula is C18H21Cl2N3O. The van der Waals surface area contributed by atoms with E-state index in [1.165, 1.54) is 6.20 Å². The molecule has 1 aromatic heterocycles. The Morgan fingerprint density at radius 2 is 1.88 bits per heavy atom. The molecule has 1 heterocycles.